The summed E-state index contributed by atoms with van der Waals surface area (Å²) in [6.07, 6.45) is -0.445. The lowest BCUT2D eigenvalue weighted by Gasteiger charge is -2.31. The van der Waals surface area contributed by atoms with E-state index < -0.39 is 12.2 Å². The molecule has 2 aliphatic heterocycles. The third-order valence-corrected chi connectivity index (χ3v) is 4.51. The molecular weight excluding hydrogens is 358 g/mol. The average Bonchev–Trinajstić information content (AvgIpc) is 2.86. The first-order chi connectivity index (χ1) is 12.6. The van der Waals surface area contributed by atoms with Crippen LogP contribution >= 0.6 is 11.6 Å². The van der Waals surface area contributed by atoms with E-state index in [4.69, 9.17) is 30.5 Å². The third-order valence-electron chi connectivity index (χ3n) is 4.20. The molecule has 2 heterocycles. The molecule has 2 aromatic rings. The molecule has 6 nitrogen and oxygen atoms in total. The number of anilines is 1. The number of hydrogen-bond donors (Lipinski definition) is 1. The van der Waals surface area contributed by atoms with Crippen LogP contribution in [0.5, 0.6) is 23.0 Å². The van der Waals surface area contributed by atoms with Gasteiger partial charge in [0.15, 0.2) is 23.0 Å². The summed E-state index contributed by atoms with van der Waals surface area (Å²) in [6, 6.07) is 10.6. The Morgan fingerprint density at radius 2 is 1.69 bits per heavy atom. The predicted octanol–water partition coefficient (Wildman–Crippen LogP) is 3.67. The molecule has 0 radical (unpaired) electrons. The van der Waals surface area contributed by atoms with E-state index in [1.54, 1.807) is 31.2 Å². The molecule has 0 bridgehead atoms. The lowest BCUT2D eigenvalue weighted by Crippen LogP contribution is -2.46. The van der Waals surface area contributed by atoms with Crippen molar-refractivity contribution in [1.82, 2.24) is 0 Å². The lowest BCUT2D eigenvalue weighted by molar-refractivity contribution is -0.128. The zero-order chi connectivity index (χ0) is 18.1. The topological polar surface area (TPSA) is 66.0 Å². The number of hydrogen-bond acceptors (Lipinski definition) is 5. The van der Waals surface area contributed by atoms with E-state index in [-0.39, 0.29) is 5.91 Å². The number of rotatable bonds is 2. The van der Waals surface area contributed by atoms with E-state index in [1.807, 2.05) is 12.1 Å². The number of nitrogens with one attached hydrogen (secondary N) is 1. The Morgan fingerprint density at radius 1 is 1.04 bits per heavy atom. The second-order valence-electron chi connectivity index (χ2n) is 6.13. The Hall–Kier alpha value is -2.60. The minimum Gasteiger partial charge on any atom is -0.490 e. The van der Waals surface area contributed by atoms with Crippen LogP contribution in [0.25, 0.3) is 0 Å². The highest BCUT2D eigenvalue weighted by atomic mass is 35.5. The van der Waals surface area contributed by atoms with Gasteiger partial charge in [0.05, 0.1) is 23.9 Å². The summed E-state index contributed by atoms with van der Waals surface area (Å²) >= 11 is 6.29. The van der Waals surface area contributed by atoms with Crippen LogP contribution in [-0.4, -0.2) is 31.3 Å². The Morgan fingerprint density at radius 3 is 2.42 bits per heavy atom. The van der Waals surface area contributed by atoms with Gasteiger partial charge in [-0.1, -0.05) is 23.7 Å². The first-order valence-electron chi connectivity index (χ1n) is 8.44. The molecule has 0 aromatic heterocycles. The van der Waals surface area contributed by atoms with Gasteiger partial charge in [0.2, 0.25) is 6.10 Å². The molecule has 0 aliphatic carbocycles. The van der Waals surface area contributed by atoms with Crippen LogP contribution < -0.4 is 24.3 Å². The van der Waals surface area contributed by atoms with Crippen molar-refractivity contribution in [3.8, 4) is 23.0 Å². The maximum Gasteiger partial charge on any atom is 0.269 e. The highest BCUT2D eigenvalue weighted by molar-refractivity contribution is 6.34. The van der Waals surface area contributed by atoms with Gasteiger partial charge >= 0.3 is 0 Å². The van der Waals surface area contributed by atoms with Crippen molar-refractivity contribution in [2.24, 2.45) is 0 Å². The molecule has 2 aromatic carbocycles. The van der Waals surface area contributed by atoms with Crippen molar-refractivity contribution in [3.63, 3.8) is 0 Å². The van der Waals surface area contributed by atoms with E-state index in [9.17, 15) is 4.79 Å². The maximum absolute atomic E-state index is 12.7. The van der Waals surface area contributed by atoms with Crippen LogP contribution in [0.3, 0.4) is 0 Å². The number of carbonyl (C=O) groups excluding carboxylic acids is 1. The van der Waals surface area contributed by atoms with Crippen molar-refractivity contribution in [1.29, 1.82) is 0 Å². The number of halogens is 1. The second kappa shape index (κ2) is 6.96. The van der Waals surface area contributed by atoms with Crippen LogP contribution in [0.2, 0.25) is 5.02 Å². The van der Waals surface area contributed by atoms with E-state index in [1.165, 1.54) is 0 Å². The summed E-state index contributed by atoms with van der Waals surface area (Å²) in [5.74, 6) is 1.95. The zero-order valence-corrected chi connectivity index (χ0v) is 14.9. The molecule has 7 heteroatoms. The fourth-order valence-corrected chi connectivity index (χ4v) is 3.09. The minimum absolute atomic E-state index is 0.344. The Bertz CT molecular complexity index is 841. The quantitative estimate of drug-likeness (QED) is 0.867. The summed E-state index contributed by atoms with van der Waals surface area (Å²) < 4.78 is 22.8. The average molecular weight is 376 g/mol. The van der Waals surface area contributed by atoms with Crippen molar-refractivity contribution in [2.45, 2.75) is 25.6 Å². The van der Waals surface area contributed by atoms with Crippen LogP contribution in [0.1, 0.15) is 13.3 Å². The van der Waals surface area contributed by atoms with Gasteiger partial charge in [-0.05, 0) is 19.1 Å². The highest BCUT2D eigenvalue weighted by Crippen LogP contribution is 2.38. The van der Waals surface area contributed by atoms with E-state index in [0.717, 1.165) is 6.42 Å². The molecule has 1 N–H and O–H groups in total. The molecule has 4 rings (SSSR count). The van der Waals surface area contributed by atoms with Gasteiger partial charge in [-0.25, -0.2) is 0 Å². The molecular formula is C19H18ClNO5. The fraction of sp³-hybridized carbons (Fsp3) is 0.316. The van der Waals surface area contributed by atoms with Crippen LogP contribution in [0.4, 0.5) is 5.69 Å². The SMILES string of the molecule is CC1Oc2ccccc2OC1C(=O)Nc1cc2c(cc1Cl)OCCCO2. The highest BCUT2D eigenvalue weighted by Gasteiger charge is 2.34. The molecule has 0 fully saturated rings. The number of fused-ring (bicyclic) bond motifs is 2. The molecule has 0 saturated carbocycles. The zero-order valence-electron chi connectivity index (χ0n) is 14.2. The van der Waals surface area contributed by atoms with Crippen LogP contribution in [0, 0.1) is 0 Å². The molecule has 136 valence electrons. The predicted molar refractivity (Wildman–Crippen MR) is 96.6 cm³/mol. The number of carbonyl (C=O) groups is 1. The van der Waals surface area contributed by atoms with Crippen molar-refractivity contribution in [2.75, 3.05) is 18.5 Å². The Kier molecular flexibility index (Phi) is 4.51. The van der Waals surface area contributed by atoms with Gasteiger partial charge in [-0.3, -0.25) is 4.79 Å². The first kappa shape index (κ1) is 16.8. The monoisotopic (exact) mass is 375 g/mol. The summed E-state index contributed by atoms with van der Waals surface area (Å²) in [5, 5.41) is 3.17. The Balaban J connectivity index is 1.54. The minimum atomic E-state index is -0.794. The largest absolute Gasteiger partial charge is 0.490 e. The van der Waals surface area contributed by atoms with Crippen molar-refractivity contribution < 1.29 is 23.7 Å². The van der Waals surface area contributed by atoms with E-state index in [0.29, 0.717) is 46.9 Å². The van der Waals surface area contributed by atoms with Crippen LogP contribution in [-0.2, 0) is 4.79 Å². The van der Waals surface area contributed by atoms with Gasteiger partial charge in [0.25, 0.3) is 5.91 Å². The normalized spacial score (nSPS) is 20.8. The number of para-hydroxylation sites is 2. The number of benzene rings is 2. The first-order valence-corrected chi connectivity index (χ1v) is 8.82. The fourth-order valence-electron chi connectivity index (χ4n) is 2.89. The van der Waals surface area contributed by atoms with E-state index >= 15 is 0 Å². The third kappa shape index (κ3) is 3.24. The molecule has 2 unspecified atom stereocenters. The van der Waals surface area contributed by atoms with Crippen molar-refractivity contribution >= 4 is 23.2 Å². The van der Waals surface area contributed by atoms with Gasteiger partial charge < -0.3 is 24.3 Å². The summed E-state index contributed by atoms with van der Waals surface area (Å²) in [7, 11) is 0. The van der Waals surface area contributed by atoms with Gasteiger partial charge in [0.1, 0.15) is 6.10 Å². The molecule has 0 saturated heterocycles. The molecule has 0 spiro atoms. The van der Waals surface area contributed by atoms with Gasteiger partial charge in [-0.15, -0.1) is 0 Å². The summed E-state index contributed by atoms with van der Waals surface area (Å²) in [4.78, 5) is 12.7. The maximum atomic E-state index is 12.7. The second-order valence-corrected chi connectivity index (χ2v) is 6.53. The molecule has 1 amide bonds. The standard InChI is InChI=1S/C19H18ClNO5/c1-11-18(26-15-6-3-2-5-14(15)25-11)19(22)21-13-10-17-16(9-12(13)20)23-7-4-8-24-17/h2-3,5-6,9-11,18H,4,7-8H2,1H3,(H,21,22). The molecule has 26 heavy (non-hydrogen) atoms. The molecule has 2 aliphatic rings. The lowest BCUT2D eigenvalue weighted by atomic mass is 10.1. The van der Waals surface area contributed by atoms with Gasteiger partial charge in [-0.2, -0.15) is 0 Å². The summed E-state index contributed by atoms with van der Waals surface area (Å²) in [5.41, 5.74) is 0.440. The number of amides is 1. The van der Waals surface area contributed by atoms with Crippen LogP contribution in [0.15, 0.2) is 36.4 Å². The summed E-state index contributed by atoms with van der Waals surface area (Å²) in [6.45, 7) is 2.91. The van der Waals surface area contributed by atoms with E-state index in [2.05, 4.69) is 5.32 Å². The van der Waals surface area contributed by atoms with Gasteiger partial charge in [0, 0.05) is 18.6 Å². The smallest absolute Gasteiger partial charge is 0.269 e. The Labute approximate surface area is 156 Å². The number of ether oxygens (including phenoxy) is 4. The molecule has 2 atom stereocenters. The van der Waals surface area contributed by atoms with Crippen molar-refractivity contribution in [3.05, 3.63) is 41.4 Å².